The van der Waals surface area contributed by atoms with E-state index < -0.39 is 8.32 Å². The van der Waals surface area contributed by atoms with Crippen molar-refractivity contribution in [2.24, 2.45) is 0 Å². The first kappa shape index (κ1) is 17.4. The van der Waals surface area contributed by atoms with E-state index in [1.807, 2.05) is 6.07 Å². The molecule has 0 N–H and O–H groups in total. The second-order valence-electron chi connectivity index (χ2n) is 6.46. The summed E-state index contributed by atoms with van der Waals surface area (Å²) in [6, 6.07) is 10.4. The summed E-state index contributed by atoms with van der Waals surface area (Å²) < 4.78 is 6.07. The van der Waals surface area contributed by atoms with Crippen LogP contribution in [-0.2, 0) is 15.9 Å². The Balaban J connectivity index is 2.55. The maximum absolute atomic E-state index is 6.07. The second-order valence-corrected chi connectivity index (χ2v) is 11.8. The van der Waals surface area contributed by atoms with Gasteiger partial charge in [0, 0.05) is 0 Å². The smallest absolute Gasteiger partial charge is 0.246 e. The molecule has 2 nitrogen and oxygen atoms in total. The lowest BCUT2D eigenvalue weighted by atomic mass is 10.2. The molecule has 0 aliphatic rings. The molecule has 1 aromatic rings. The van der Waals surface area contributed by atoms with Crippen molar-refractivity contribution >= 4 is 8.32 Å². The van der Waals surface area contributed by atoms with Gasteiger partial charge in [-0.3, -0.25) is 4.58 Å². The summed E-state index contributed by atoms with van der Waals surface area (Å²) in [5.41, 5.74) is 2.96. The van der Waals surface area contributed by atoms with Crippen molar-refractivity contribution in [3.8, 4) is 0 Å². The maximum atomic E-state index is 6.07. The predicted molar refractivity (Wildman–Crippen MR) is 88.2 cm³/mol. The average Bonchev–Trinajstić information content (AvgIpc) is 2.38. The van der Waals surface area contributed by atoms with Gasteiger partial charge in [0.15, 0.2) is 0 Å². The van der Waals surface area contributed by atoms with Crippen LogP contribution < -0.4 is 0 Å². The molecule has 0 heterocycles. The maximum Gasteiger partial charge on any atom is 0.246 e. The third-order valence-electron chi connectivity index (χ3n) is 4.23. The normalized spacial score (nSPS) is 12.7. The van der Waals surface area contributed by atoms with E-state index in [-0.39, 0.29) is 0 Å². The third-order valence-corrected chi connectivity index (χ3v) is 10.0. The van der Waals surface area contributed by atoms with Gasteiger partial charge in [-0.15, -0.1) is 0 Å². The van der Waals surface area contributed by atoms with E-state index >= 15 is 0 Å². The first-order chi connectivity index (χ1) is 9.41. The lowest BCUT2D eigenvalue weighted by Gasteiger charge is -2.40. The second kappa shape index (κ2) is 7.96. The Morgan fingerprint density at radius 2 is 1.35 bits per heavy atom. The minimum atomic E-state index is -1.89. The molecule has 0 unspecified atom stereocenters. The molecule has 20 heavy (non-hydrogen) atoms. The van der Waals surface area contributed by atoms with Crippen molar-refractivity contribution in [2.45, 2.75) is 64.6 Å². The zero-order valence-electron chi connectivity index (χ0n) is 13.8. The molecule has 114 valence electrons. The average molecular weight is 295 g/mol. The number of hydrogen-bond acceptors (Lipinski definition) is 2. The molecule has 0 aromatic heterocycles. The van der Waals surface area contributed by atoms with Crippen LogP contribution >= 0.6 is 0 Å². The minimum Gasteiger partial charge on any atom is -0.285 e. The van der Waals surface area contributed by atoms with Crippen LogP contribution in [0.25, 0.3) is 0 Å². The van der Waals surface area contributed by atoms with E-state index in [9.17, 15) is 0 Å². The summed E-state index contributed by atoms with van der Waals surface area (Å²) in [5.74, 6) is 0. The zero-order chi connectivity index (χ0) is 15.2. The number of rotatable bonds is 8. The lowest BCUT2D eigenvalue weighted by Crippen LogP contribution is -2.47. The van der Waals surface area contributed by atoms with Crippen molar-refractivity contribution in [3.05, 3.63) is 35.9 Å². The molecule has 0 atom stereocenters. The zero-order valence-corrected chi connectivity index (χ0v) is 14.8. The summed E-state index contributed by atoms with van der Waals surface area (Å²) in [7, 11) is -1.89. The fourth-order valence-electron chi connectivity index (χ4n) is 3.24. The van der Waals surface area contributed by atoms with Gasteiger partial charge in [0.2, 0.25) is 8.32 Å². The van der Waals surface area contributed by atoms with Crippen molar-refractivity contribution in [2.75, 3.05) is 6.61 Å². The van der Waals surface area contributed by atoms with Crippen molar-refractivity contribution < 1.29 is 9.46 Å². The highest BCUT2D eigenvalue weighted by Gasteiger charge is 2.47. The van der Waals surface area contributed by atoms with Gasteiger partial charge in [0.25, 0.3) is 0 Å². The highest BCUT2D eigenvalue weighted by molar-refractivity contribution is 6.77. The van der Waals surface area contributed by atoms with Gasteiger partial charge in [0.05, 0.1) is 6.61 Å². The SMILES string of the molecule is CC(C)[Si](OOCCc1ccccc1)(C(C)C)C(C)C. The summed E-state index contributed by atoms with van der Waals surface area (Å²) in [6.07, 6.45) is 0.902. The topological polar surface area (TPSA) is 18.5 Å². The summed E-state index contributed by atoms with van der Waals surface area (Å²) in [4.78, 5) is 5.65. The van der Waals surface area contributed by atoms with Crippen LogP contribution in [0.1, 0.15) is 47.1 Å². The minimum absolute atomic E-state index is 0.555. The Hall–Kier alpha value is -0.643. The molecule has 0 amide bonds. The standard InChI is InChI=1S/C17H30O2Si/c1-14(2)20(15(3)4,16(5)6)19-18-13-12-17-10-8-7-9-11-17/h7-11,14-16H,12-13H2,1-6H3. The molecule has 1 aromatic carbocycles. The molecule has 1 rings (SSSR count). The summed E-state index contributed by atoms with van der Waals surface area (Å²) >= 11 is 0. The van der Waals surface area contributed by atoms with Gasteiger partial charge in [-0.05, 0) is 28.6 Å². The Labute approximate surface area is 125 Å². The van der Waals surface area contributed by atoms with Crippen LogP contribution in [0, 0.1) is 0 Å². The van der Waals surface area contributed by atoms with E-state index in [0.717, 1.165) is 6.42 Å². The van der Waals surface area contributed by atoms with E-state index in [2.05, 4.69) is 65.8 Å². The summed E-state index contributed by atoms with van der Waals surface area (Å²) in [6.45, 7) is 14.3. The van der Waals surface area contributed by atoms with Crippen molar-refractivity contribution in [3.63, 3.8) is 0 Å². The van der Waals surface area contributed by atoms with Gasteiger partial charge >= 0.3 is 0 Å². The molecule has 0 saturated heterocycles. The summed E-state index contributed by atoms with van der Waals surface area (Å²) in [5, 5.41) is 0. The van der Waals surface area contributed by atoms with Gasteiger partial charge in [0.1, 0.15) is 0 Å². The molecular formula is C17H30O2Si. The third kappa shape index (κ3) is 4.17. The molecule has 0 saturated carbocycles. The van der Waals surface area contributed by atoms with E-state index in [0.29, 0.717) is 23.2 Å². The van der Waals surface area contributed by atoms with Crippen LogP contribution in [0.15, 0.2) is 30.3 Å². The lowest BCUT2D eigenvalue weighted by molar-refractivity contribution is -0.222. The molecular weight excluding hydrogens is 264 g/mol. The van der Waals surface area contributed by atoms with E-state index in [1.54, 1.807) is 0 Å². The van der Waals surface area contributed by atoms with Crippen molar-refractivity contribution in [1.82, 2.24) is 0 Å². The highest BCUT2D eigenvalue weighted by atomic mass is 28.4. The number of benzene rings is 1. The van der Waals surface area contributed by atoms with E-state index in [1.165, 1.54) is 5.56 Å². The quantitative estimate of drug-likeness (QED) is 0.278. The molecule has 3 heteroatoms. The fourth-order valence-corrected chi connectivity index (χ4v) is 8.10. The Morgan fingerprint density at radius 3 is 1.80 bits per heavy atom. The van der Waals surface area contributed by atoms with E-state index in [4.69, 9.17) is 9.46 Å². The largest absolute Gasteiger partial charge is 0.285 e. The predicted octanol–water partition coefficient (Wildman–Crippen LogP) is 5.35. The Kier molecular flexibility index (Phi) is 6.93. The van der Waals surface area contributed by atoms with Crippen LogP contribution in [0.4, 0.5) is 0 Å². The first-order valence-electron chi connectivity index (χ1n) is 7.75. The van der Waals surface area contributed by atoms with Crippen LogP contribution in [-0.4, -0.2) is 14.9 Å². The van der Waals surface area contributed by atoms with Crippen LogP contribution in [0.2, 0.25) is 16.6 Å². The van der Waals surface area contributed by atoms with Crippen molar-refractivity contribution in [1.29, 1.82) is 0 Å². The van der Waals surface area contributed by atoms with Gasteiger partial charge in [-0.25, -0.2) is 4.89 Å². The molecule has 0 aliphatic heterocycles. The van der Waals surface area contributed by atoms with Crippen LogP contribution in [0.3, 0.4) is 0 Å². The monoisotopic (exact) mass is 294 g/mol. The molecule has 0 spiro atoms. The van der Waals surface area contributed by atoms with Crippen LogP contribution in [0.5, 0.6) is 0 Å². The molecule has 0 aliphatic carbocycles. The highest BCUT2D eigenvalue weighted by Crippen LogP contribution is 2.42. The molecule has 0 radical (unpaired) electrons. The Bertz CT molecular complexity index is 352. The first-order valence-corrected chi connectivity index (χ1v) is 9.89. The fraction of sp³-hybridized carbons (Fsp3) is 0.647. The Morgan fingerprint density at radius 1 is 0.850 bits per heavy atom. The number of hydrogen-bond donors (Lipinski definition) is 0. The van der Waals surface area contributed by atoms with Gasteiger partial charge in [-0.2, -0.15) is 0 Å². The van der Waals surface area contributed by atoms with Gasteiger partial charge < -0.3 is 0 Å². The molecule has 0 fully saturated rings. The molecule has 0 bridgehead atoms. The van der Waals surface area contributed by atoms with Gasteiger partial charge in [-0.1, -0.05) is 71.9 Å².